The van der Waals surface area contributed by atoms with E-state index in [2.05, 4.69) is 27.7 Å². The number of carbonyl (C=O) groups excluding carboxylic acids is 2. The molecule has 0 fully saturated rings. The summed E-state index contributed by atoms with van der Waals surface area (Å²) in [5.74, 6) is -0.0362. The first-order valence-corrected chi connectivity index (χ1v) is 17.6. The minimum atomic E-state index is -0.244. The van der Waals surface area contributed by atoms with Gasteiger partial charge < -0.3 is 9.80 Å². The van der Waals surface area contributed by atoms with Gasteiger partial charge in [0.1, 0.15) is 35.4 Å². The molecule has 2 aliphatic heterocycles. The van der Waals surface area contributed by atoms with Crippen LogP contribution in [0.25, 0.3) is 22.5 Å². The first kappa shape index (κ1) is 34.4. The van der Waals surface area contributed by atoms with Crippen LogP contribution in [0.3, 0.4) is 0 Å². The summed E-state index contributed by atoms with van der Waals surface area (Å²) in [5, 5.41) is 38.1. The second-order valence-electron chi connectivity index (χ2n) is 11.6. The number of hydrogen-bond donors (Lipinski definition) is 0. The molecule has 0 spiro atoms. The van der Waals surface area contributed by atoms with Gasteiger partial charge in [0.15, 0.2) is 0 Å². The molecule has 0 aromatic carbocycles. The molecule has 2 atom stereocenters. The number of nitrogens with zero attached hydrogens (tertiary/aromatic N) is 6. The molecule has 0 radical (unpaired) electrons. The van der Waals surface area contributed by atoms with Crippen molar-refractivity contribution in [2.75, 3.05) is 13.1 Å². The average molecular weight is 651 g/mol. The van der Waals surface area contributed by atoms with Crippen molar-refractivity contribution in [3.05, 3.63) is 53.5 Å². The zero-order chi connectivity index (χ0) is 33.4. The van der Waals surface area contributed by atoms with Gasteiger partial charge in [-0.1, -0.05) is 66.2 Å². The van der Waals surface area contributed by atoms with Crippen molar-refractivity contribution in [2.45, 2.75) is 79.1 Å². The van der Waals surface area contributed by atoms with Crippen molar-refractivity contribution < 1.29 is 9.59 Å². The zero-order valence-electron chi connectivity index (χ0n) is 26.9. The number of carbonyl (C=O) groups is 2. The normalized spacial score (nSPS) is 17.7. The van der Waals surface area contributed by atoms with Gasteiger partial charge in [0.25, 0.3) is 11.8 Å². The average Bonchev–Trinajstić information content (AvgIpc) is 3.85. The lowest BCUT2D eigenvalue weighted by Gasteiger charge is -2.30. The Morgan fingerprint density at radius 2 is 1.02 bits per heavy atom. The van der Waals surface area contributed by atoms with E-state index in [1.54, 1.807) is 34.1 Å². The molecular weight excluding hydrogens is 613 g/mol. The summed E-state index contributed by atoms with van der Waals surface area (Å²) >= 11 is 2.48. The molecule has 0 bridgehead atoms. The highest BCUT2D eigenvalue weighted by atomic mass is 32.1. The lowest BCUT2D eigenvalue weighted by atomic mass is 9.98. The van der Waals surface area contributed by atoms with Gasteiger partial charge in [0, 0.05) is 13.1 Å². The first-order chi connectivity index (χ1) is 22.3. The summed E-state index contributed by atoms with van der Waals surface area (Å²) in [5.41, 5.74) is 1.73. The Hall–Kier alpha value is -4.48. The number of hydrogen-bond acceptors (Lipinski definition) is 8. The van der Waals surface area contributed by atoms with Gasteiger partial charge in [0.05, 0.1) is 40.7 Å². The Bertz CT molecular complexity index is 1800. The van der Waals surface area contributed by atoms with E-state index in [4.69, 9.17) is 0 Å². The third kappa shape index (κ3) is 6.70. The molecule has 0 saturated heterocycles. The smallest absolute Gasteiger partial charge is 0.261 e. The molecule has 0 aliphatic carbocycles. The summed E-state index contributed by atoms with van der Waals surface area (Å²) in [6, 6.07) is 14.8. The number of unbranched alkanes of at least 4 members (excludes halogenated alkanes) is 2. The molecule has 2 unspecified atom stereocenters. The molecular formula is C36H38N6O2S2. The minimum Gasteiger partial charge on any atom is -0.306 e. The summed E-state index contributed by atoms with van der Waals surface area (Å²) in [4.78, 5) is 32.8. The van der Waals surface area contributed by atoms with Crippen LogP contribution in [-0.4, -0.2) is 34.7 Å². The van der Waals surface area contributed by atoms with Gasteiger partial charge in [-0.05, 0) is 48.9 Å². The largest absolute Gasteiger partial charge is 0.306 e. The van der Waals surface area contributed by atoms with E-state index in [9.17, 15) is 30.6 Å². The maximum absolute atomic E-state index is 14.6. The van der Waals surface area contributed by atoms with Gasteiger partial charge in [-0.2, -0.15) is 21.0 Å². The predicted molar refractivity (Wildman–Crippen MR) is 180 cm³/mol. The summed E-state index contributed by atoms with van der Waals surface area (Å²) in [6.45, 7) is 9.41. The number of thiophene rings is 2. The topological polar surface area (TPSA) is 136 Å². The van der Waals surface area contributed by atoms with Gasteiger partial charge in [-0.3, -0.25) is 9.59 Å². The standard InChI is InChI=1S/C36H38N6O2S2/c1-5-9-11-23(7-3)21-41-33(29-15-13-27(45-29)25(17-37)18-38)31-32(35(41)43)34(30-16-14-28(46-30)26(19-39)20-40)42(36(31)44)22-24(8-4)12-10-6-2/h13-16,23-24H,5-12,21-22H2,1-4H3/b33-29+,34-30+. The van der Waals surface area contributed by atoms with Crippen LogP contribution in [0.5, 0.6) is 0 Å². The molecule has 0 N–H and O–H groups in total. The van der Waals surface area contributed by atoms with Crippen LogP contribution >= 0.6 is 22.7 Å². The molecule has 236 valence electrons. The summed E-state index contributed by atoms with van der Waals surface area (Å²) in [6.07, 6.45) is 7.79. The molecule has 2 amide bonds. The predicted octanol–water partition coefficient (Wildman–Crippen LogP) is 4.54. The van der Waals surface area contributed by atoms with Crippen LogP contribution in [0.2, 0.25) is 0 Å². The van der Waals surface area contributed by atoms with Gasteiger partial charge in [-0.25, -0.2) is 0 Å². The molecule has 2 aromatic heterocycles. The fourth-order valence-electron chi connectivity index (χ4n) is 6.08. The van der Waals surface area contributed by atoms with E-state index in [1.807, 2.05) is 24.3 Å². The van der Waals surface area contributed by atoms with Crippen molar-refractivity contribution >= 4 is 57.0 Å². The molecule has 0 saturated carbocycles. The van der Waals surface area contributed by atoms with Crippen molar-refractivity contribution in [1.82, 2.24) is 9.80 Å². The monoisotopic (exact) mass is 650 g/mol. The maximum Gasteiger partial charge on any atom is 0.261 e. The van der Waals surface area contributed by atoms with Gasteiger partial charge in [0.2, 0.25) is 0 Å². The first-order valence-electron chi connectivity index (χ1n) is 16.0. The Balaban J connectivity index is 2.05. The molecule has 2 aromatic rings. The van der Waals surface area contributed by atoms with E-state index < -0.39 is 0 Å². The summed E-state index contributed by atoms with van der Waals surface area (Å²) < 4.78 is 2.29. The maximum atomic E-state index is 14.6. The molecule has 10 heteroatoms. The Morgan fingerprint density at radius 3 is 1.33 bits per heavy atom. The third-order valence-corrected chi connectivity index (χ3v) is 11.0. The fraction of sp³-hybridized carbons (Fsp3) is 0.444. The SMILES string of the molecule is CCCCC(CC)CN1C(=O)C2=C(C(=O)N(CC(CC)CCCC)/C2=c2\ccc(=C(C#N)C#N)s2)/C1=c1/ccc(=C(C#N)C#N)s1. The van der Waals surface area contributed by atoms with Crippen molar-refractivity contribution in [3.8, 4) is 24.3 Å². The second-order valence-corrected chi connectivity index (χ2v) is 13.8. The molecule has 2 aliphatic rings. The van der Waals surface area contributed by atoms with E-state index in [0.717, 1.165) is 51.4 Å². The highest BCUT2D eigenvalue weighted by Gasteiger charge is 2.49. The number of amides is 2. The van der Waals surface area contributed by atoms with Crippen LogP contribution in [0.15, 0.2) is 35.4 Å². The number of nitriles is 4. The highest BCUT2D eigenvalue weighted by molar-refractivity contribution is 7.08. The van der Waals surface area contributed by atoms with Crippen LogP contribution in [0, 0.1) is 57.2 Å². The Kier molecular flexibility index (Phi) is 11.7. The van der Waals surface area contributed by atoms with Gasteiger partial charge in [-0.15, -0.1) is 22.7 Å². The van der Waals surface area contributed by atoms with Crippen molar-refractivity contribution in [2.24, 2.45) is 11.8 Å². The summed E-state index contributed by atoms with van der Waals surface area (Å²) in [7, 11) is 0. The molecule has 46 heavy (non-hydrogen) atoms. The van der Waals surface area contributed by atoms with Crippen LogP contribution < -0.4 is 18.1 Å². The number of rotatable bonds is 12. The molecule has 4 heterocycles. The highest BCUT2D eigenvalue weighted by Crippen LogP contribution is 2.44. The minimum absolute atomic E-state index is 0.0159. The fourth-order valence-corrected chi connectivity index (χ4v) is 8.10. The van der Waals surface area contributed by atoms with Crippen molar-refractivity contribution in [1.29, 1.82) is 21.0 Å². The molecule has 4 rings (SSSR count). The van der Waals surface area contributed by atoms with Crippen molar-refractivity contribution in [3.63, 3.8) is 0 Å². The Labute approximate surface area is 278 Å². The zero-order valence-corrected chi connectivity index (χ0v) is 28.5. The van der Waals surface area contributed by atoms with Gasteiger partial charge >= 0.3 is 0 Å². The van der Waals surface area contributed by atoms with Crippen LogP contribution in [0.1, 0.15) is 79.1 Å². The Morgan fingerprint density at radius 1 is 0.652 bits per heavy atom. The van der Waals surface area contributed by atoms with E-state index in [-0.39, 0.29) is 34.8 Å². The molecule has 8 nitrogen and oxygen atoms in total. The quantitative estimate of drug-likeness (QED) is 0.331. The van der Waals surface area contributed by atoms with Crippen LogP contribution in [0.4, 0.5) is 0 Å². The van der Waals surface area contributed by atoms with E-state index in [1.165, 1.54) is 22.7 Å². The van der Waals surface area contributed by atoms with E-state index >= 15 is 0 Å². The van der Waals surface area contributed by atoms with Crippen LogP contribution in [-0.2, 0) is 9.59 Å². The van der Waals surface area contributed by atoms with E-state index in [0.29, 0.717) is 53.8 Å². The lowest BCUT2D eigenvalue weighted by molar-refractivity contribution is -0.124. The lowest BCUT2D eigenvalue weighted by Crippen LogP contribution is -2.40. The third-order valence-electron chi connectivity index (χ3n) is 8.77. The second kappa shape index (κ2) is 15.7.